The zero-order valence-corrected chi connectivity index (χ0v) is 13.5. The Morgan fingerprint density at radius 3 is 3.04 bits per heavy atom. The molecule has 3 heterocycles. The highest BCUT2D eigenvalue weighted by molar-refractivity contribution is 5.30. The van der Waals surface area contributed by atoms with E-state index in [4.69, 9.17) is 8.83 Å². The van der Waals surface area contributed by atoms with Crippen molar-refractivity contribution in [3.8, 4) is 0 Å². The minimum Gasteiger partial charge on any atom is -0.469 e. The van der Waals surface area contributed by atoms with E-state index in [0.717, 1.165) is 18.6 Å². The van der Waals surface area contributed by atoms with Gasteiger partial charge in [0.25, 0.3) is 0 Å². The summed E-state index contributed by atoms with van der Waals surface area (Å²) in [5, 5.41) is 11.3. The number of alkyl halides is 1. The highest BCUT2D eigenvalue weighted by Gasteiger charge is 2.35. The van der Waals surface area contributed by atoms with Crippen LogP contribution in [0, 0.1) is 6.92 Å². The first-order valence-electron chi connectivity index (χ1n) is 8.08. The third-order valence-corrected chi connectivity index (χ3v) is 4.23. The van der Waals surface area contributed by atoms with Gasteiger partial charge in [-0.3, -0.25) is 0 Å². The fourth-order valence-electron chi connectivity index (χ4n) is 2.94. The molecule has 7 heteroatoms. The smallest absolute Gasteiger partial charge is 0.318 e. The molecule has 126 valence electrons. The van der Waals surface area contributed by atoms with Gasteiger partial charge in [-0.25, -0.2) is 4.39 Å². The van der Waals surface area contributed by atoms with E-state index in [0.29, 0.717) is 37.5 Å². The Balaban J connectivity index is 1.49. The molecule has 0 aromatic carbocycles. The first kappa shape index (κ1) is 16.0. The summed E-state index contributed by atoms with van der Waals surface area (Å²) < 4.78 is 24.6. The summed E-state index contributed by atoms with van der Waals surface area (Å²) >= 11 is 0. The van der Waals surface area contributed by atoms with Gasteiger partial charge in [-0.05, 0) is 25.5 Å². The largest absolute Gasteiger partial charge is 0.469 e. The Labute approximate surface area is 135 Å². The van der Waals surface area contributed by atoms with Crippen molar-refractivity contribution < 1.29 is 13.2 Å². The predicted octanol–water partition coefficient (Wildman–Crippen LogP) is 2.50. The highest BCUT2D eigenvalue weighted by atomic mass is 19.1. The first-order valence-corrected chi connectivity index (χ1v) is 8.08. The number of rotatable bonds is 7. The standard InChI is InChI=1S/C16H23FN4O2/c1-11(5-6-15-4-3-7-22-15)18-9-14-8-13(17)10-21(14)16-20-19-12(2)23-16/h3-4,7,11,13-14,18H,5-6,8-10H2,1-2H3/t11-,13+,14+/m1/s1. The van der Waals surface area contributed by atoms with Crippen LogP contribution >= 0.6 is 0 Å². The van der Waals surface area contributed by atoms with Gasteiger partial charge in [-0.1, -0.05) is 5.10 Å². The lowest BCUT2D eigenvalue weighted by atomic mass is 10.1. The molecule has 1 N–H and O–H groups in total. The summed E-state index contributed by atoms with van der Waals surface area (Å²) in [7, 11) is 0. The van der Waals surface area contributed by atoms with Crippen LogP contribution in [0.25, 0.3) is 0 Å². The van der Waals surface area contributed by atoms with E-state index in [9.17, 15) is 4.39 Å². The second kappa shape index (κ2) is 7.12. The van der Waals surface area contributed by atoms with Gasteiger partial charge in [0.05, 0.1) is 12.8 Å². The number of aromatic nitrogens is 2. The summed E-state index contributed by atoms with van der Waals surface area (Å²) in [4.78, 5) is 1.87. The Hall–Kier alpha value is -1.89. The maximum absolute atomic E-state index is 13.8. The Kier molecular flexibility index (Phi) is 4.95. The van der Waals surface area contributed by atoms with Crippen molar-refractivity contribution >= 4 is 6.01 Å². The Morgan fingerprint density at radius 2 is 2.35 bits per heavy atom. The average Bonchev–Trinajstić information content (AvgIpc) is 3.24. The number of aryl methyl sites for hydroxylation is 2. The summed E-state index contributed by atoms with van der Waals surface area (Å²) in [6, 6.07) is 4.66. The van der Waals surface area contributed by atoms with Gasteiger partial charge in [-0.2, -0.15) is 0 Å². The Bertz CT molecular complexity index is 601. The number of hydrogen-bond acceptors (Lipinski definition) is 6. The van der Waals surface area contributed by atoms with Crippen LogP contribution < -0.4 is 10.2 Å². The number of furan rings is 1. The van der Waals surface area contributed by atoms with E-state index in [1.165, 1.54) is 0 Å². The van der Waals surface area contributed by atoms with Crippen molar-refractivity contribution in [2.45, 2.75) is 51.4 Å². The normalized spacial score (nSPS) is 22.7. The maximum Gasteiger partial charge on any atom is 0.318 e. The molecule has 3 atom stereocenters. The molecule has 6 nitrogen and oxygen atoms in total. The molecule has 1 fully saturated rings. The monoisotopic (exact) mass is 322 g/mol. The molecule has 1 aliphatic heterocycles. The number of hydrogen-bond donors (Lipinski definition) is 1. The minimum absolute atomic E-state index is 0.0379. The van der Waals surface area contributed by atoms with Crippen LogP contribution in [0.15, 0.2) is 27.2 Å². The summed E-state index contributed by atoms with van der Waals surface area (Å²) in [6.45, 7) is 4.88. The molecule has 0 aliphatic carbocycles. The van der Waals surface area contributed by atoms with Gasteiger partial charge in [0, 0.05) is 38.4 Å². The lowest BCUT2D eigenvalue weighted by molar-refractivity contribution is 0.351. The van der Waals surface area contributed by atoms with E-state index in [1.807, 2.05) is 17.0 Å². The van der Waals surface area contributed by atoms with Gasteiger partial charge in [0.2, 0.25) is 5.89 Å². The van der Waals surface area contributed by atoms with Crippen LogP contribution in [0.1, 0.15) is 31.4 Å². The van der Waals surface area contributed by atoms with Gasteiger partial charge in [0.15, 0.2) is 0 Å². The molecule has 0 radical (unpaired) electrons. The lowest BCUT2D eigenvalue weighted by Crippen LogP contribution is -2.41. The molecular formula is C16H23FN4O2. The molecule has 2 aromatic rings. The molecule has 1 saturated heterocycles. The van der Waals surface area contributed by atoms with Crippen molar-refractivity contribution in [2.75, 3.05) is 18.0 Å². The van der Waals surface area contributed by atoms with Crippen molar-refractivity contribution in [3.05, 3.63) is 30.0 Å². The third kappa shape index (κ3) is 4.10. The topological polar surface area (TPSA) is 67.3 Å². The Morgan fingerprint density at radius 1 is 1.48 bits per heavy atom. The second-order valence-corrected chi connectivity index (χ2v) is 6.17. The maximum atomic E-state index is 13.8. The molecular weight excluding hydrogens is 299 g/mol. The van der Waals surface area contributed by atoms with E-state index in [1.54, 1.807) is 13.2 Å². The summed E-state index contributed by atoms with van der Waals surface area (Å²) in [5.41, 5.74) is 0. The molecule has 0 unspecified atom stereocenters. The summed E-state index contributed by atoms with van der Waals surface area (Å²) in [5.74, 6) is 1.49. The molecule has 1 aliphatic rings. The van der Waals surface area contributed by atoms with Crippen LogP contribution in [-0.2, 0) is 6.42 Å². The minimum atomic E-state index is -0.854. The SMILES string of the molecule is Cc1nnc(N2C[C@@H](F)C[C@H]2CN[C@H](C)CCc2ccco2)o1. The van der Waals surface area contributed by atoms with Crippen LogP contribution in [-0.4, -0.2) is 41.5 Å². The van der Waals surface area contributed by atoms with Crippen LogP contribution in [0.2, 0.25) is 0 Å². The fraction of sp³-hybridized carbons (Fsp3) is 0.625. The molecule has 23 heavy (non-hydrogen) atoms. The van der Waals surface area contributed by atoms with Gasteiger partial charge < -0.3 is 19.1 Å². The van der Waals surface area contributed by atoms with Crippen LogP contribution in [0.4, 0.5) is 10.4 Å². The van der Waals surface area contributed by atoms with E-state index in [2.05, 4.69) is 22.4 Å². The number of nitrogens with one attached hydrogen (secondary N) is 1. The van der Waals surface area contributed by atoms with E-state index < -0.39 is 6.17 Å². The van der Waals surface area contributed by atoms with Crippen molar-refractivity contribution in [1.29, 1.82) is 0 Å². The third-order valence-electron chi connectivity index (χ3n) is 4.23. The molecule has 0 bridgehead atoms. The number of halogens is 1. The zero-order valence-electron chi connectivity index (χ0n) is 13.5. The second-order valence-electron chi connectivity index (χ2n) is 6.17. The summed E-state index contributed by atoms with van der Waals surface area (Å²) in [6.07, 6.45) is 3.19. The van der Waals surface area contributed by atoms with E-state index in [-0.39, 0.29) is 6.04 Å². The van der Waals surface area contributed by atoms with Crippen molar-refractivity contribution in [1.82, 2.24) is 15.5 Å². The first-order chi connectivity index (χ1) is 11.1. The van der Waals surface area contributed by atoms with Gasteiger partial charge >= 0.3 is 6.01 Å². The molecule has 0 saturated carbocycles. The van der Waals surface area contributed by atoms with E-state index >= 15 is 0 Å². The number of anilines is 1. The quantitative estimate of drug-likeness (QED) is 0.845. The molecule has 3 rings (SSSR count). The van der Waals surface area contributed by atoms with Crippen LogP contribution in [0.5, 0.6) is 0 Å². The van der Waals surface area contributed by atoms with Crippen LogP contribution in [0.3, 0.4) is 0 Å². The molecule has 0 spiro atoms. The lowest BCUT2D eigenvalue weighted by Gasteiger charge is -2.24. The zero-order chi connectivity index (χ0) is 16.2. The number of nitrogens with zero attached hydrogens (tertiary/aromatic N) is 3. The molecule has 0 amide bonds. The highest BCUT2D eigenvalue weighted by Crippen LogP contribution is 2.26. The fourth-order valence-corrected chi connectivity index (χ4v) is 2.94. The molecule has 2 aromatic heterocycles. The van der Waals surface area contributed by atoms with Gasteiger partial charge in [0.1, 0.15) is 11.9 Å². The van der Waals surface area contributed by atoms with Crippen molar-refractivity contribution in [3.63, 3.8) is 0 Å². The average molecular weight is 322 g/mol. The van der Waals surface area contributed by atoms with Crippen molar-refractivity contribution in [2.24, 2.45) is 0 Å². The van der Waals surface area contributed by atoms with Gasteiger partial charge in [-0.15, -0.1) is 5.10 Å². The predicted molar refractivity (Wildman–Crippen MR) is 84.2 cm³/mol.